The molecule has 0 amide bonds. The molecule has 2 aromatic rings. The molecule has 1 aliphatic heterocycles. The van der Waals surface area contributed by atoms with E-state index in [1.54, 1.807) is 24.5 Å². The highest BCUT2D eigenvalue weighted by atomic mass is 19.4. The largest absolute Gasteiger partial charge is 0.573 e. The van der Waals surface area contributed by atoms with Crippen LogP contribution in [0.15, 0.2) is 36.7 Å². The van der Waals surface area contributed by atoms with Crippen molar-refractivity contribution in [1.29, 1.82) is 0 Å². The number of hydrogen-bond donors (Lipinski definition) is 1. The molecule has 118 valence electrons. The second kappa shape index (κ2) is 6.00. The van der Waals surface area contributed by atoms with Crippen molar-refractivity contribution in [3.63, 3.8) is 0 Å². The first-order valence-electron chi connectivity index (χ1n) is 7.13. The third-order valence-corrected chi connectivity index (χ3v) is 3.71. The van der Waals surface area contributed by atoms with Crippen molar-refractivity contribution in [2.24, 2.45) is 0 Å². The van der Waals surface area contributed by atoms with E-state index in [0.717, 1.165) is 25.9 Å². The molecule has 1 N–H and O–H groups in total. The number of piperidine rings is 1. The number of alkyl halides is 3. The second-order valence-electron chi connectivity index (χ2n) is 5.23. The first-order valence-corrected chi connectivity index (χ1v) is 7.13. The van der Waals surface area contributed by atoms with E-state index in [1.165, 1.54) is 12.1 Å². The molecule has 1 saturated heterocycles. The van der Waals surface area contributed by atoms with E-state index < -0.39 is 6.36 Å². The van der Waals surface area contributed by atoms with Crippen molar-refractivity contribution in [3.05, 3.63) is 36.7 Å². The van der Waals surface area contributed by atoms with Gasteiger partial charge in [0, 0.05) is 17.3 Å². The van der Waals surface area contributed by atoms with Crippen LogP contribution in [0.25, 0.3) is 11.1 Å². The fourth-order valence-electron chi connectivity index (χ4n) is 2.67. The SMILES string of the molecule is FC(F)(F)Oc1ccccc1-c1cnn(C2CCNCC2)c1. The number of benzene rings is 1. The summed E-state index contributed by atoms with van der Waals surface area (Å²) in [6, 6.07) is 6.39. The summed E-state index contributed by atoms with van der Waals surface area (Å²) < 4.78 is 43.4. The molecule has 0 saturated carbocycles. The number of para-hydroxylation sites is 1. The van der Waals surface area contributed by atoms with Gasteiger partial charge in [0.15, 0.2) is 0 Å². The Morgan fingerprint density at radius 1 is 1.18 bits per heavy atom. The Kier molecular flexibility index (Phi) is 4.06. The Bertz CT molecular complexity index is 633. The average Bonchev–Trinajstić information content (AvgIpc) is 2.97. The van der Waals surface area contributed by atoms with Crippen LogP contribution in [0.2, 0.25) is 0 Å². The number of rotatable bonds is 3. The highest BCUT2D eigenvalue weighted by Gasteiger charge is 2.32. The third-order valence-electron chi connectivity index (χ3n) is 3.71. The topological polar surface area (TPSA) is 39.1 Å². The van der Waals surface area contributed by atoms with Crippen LogP contribution in [0.1, 0.15) is 18.9 Å². The third kappa shape index (κ3) is 3.41. The fourth-order valence-corrected chi connectivity index (χ4v) is 2.67. The first-order chi connectivity index (χ1) is 10.5. The zero-order chi connectivity index (χ0) is 15.6. The van der Waals surface area contributed by atoms with Crippen LogP contribution < -0.4 is 10.1 Å². The molecule has 0 radical (unpaired) electrons. The molecule has 4 nitrogen and oxygen atoms in total. The van der Waals surface area contributed by atoms with Crippen molar-refractivity contribution >= 4 is 0 Å². The van der Waals surface area contributed by atoms with Crippen LogP contribution in [0, 0.1) is 0 Å². The summed E-state index contributed by atoms with van der Waals surface area (Å²) in [6.45, 7) is 1.85. The van der Waals surface area contributed by atoms with Crippen LogP contribution in [0.3, 0.4) is 0 Å². The van der Waals surface area contributed by atoms with Gasteiger partial charge in [-0.25, -0.2) is 0 Å². The predicted molar refractivity (Wildman–Crippen MR) is 75.5 cm³/mol. The number of nitrogens with one attached hydrogen (secondary N) is 1. The lowest BCUT2D eigenvalue weighted by Gasteiger charge is -2.22. The van der Waals surface area contributed by atoms with E-state index in [1.807, 2.05) is 4.68 Å². The molecule has 1 aromatic heterocycles. The maximum Gasteiger partial charge on any atom is 0.573 e. The molecule has 22 heavy (non-hydrogen) atoms. The Balaban J connectivity index is 1.87. The van der Waals surface area contributed by atoms with Crippen LogP contribution >= 0.6 is 0 Å². The highest BCUT2D eigenvalue weighted by Crippen LogP contribution is 2.34. The molecule has 2 heterocycles. The molecule has 1 aromatic carbocycles. The van der Waals surface area contributed by atoms with Gasteiger partial charge < -0.3 is 10.1 Å². The second-order valence-corrected chi connectivity index (χ2v) is 5.23. The summed E-state index contributed by atoms with van der Waals surface area (Å²) in [5, 5.41) is 7.58. The van der Waals surface area contributed by atoms with Crippen molar-refractivity contribution < 1.29 is 17.9 Å². The van der Waals surface area contributed by atoms with E-state index in [9.17, 15) is 13.2 Å². The van der Waals surface area contributed by atoms with Gasteiger partial charge in [0.2, 0.25) is 0 Å². The summed E-state index contributed by atoms with van der Waals surface area (Å²) in [4.78, 5) is 0. The van der Waals surface area contributed by atoms with Gasteiger partial charge in [-0.1, -0.05) is 18.2 Å². The van der Waals surface area contributed by atoms with Gasteiger partial charge in [-0.3, -0.25) is 4.68 Å². The fraction of sp³-hybridized carbons (Fsp3) is 0.400. The van der Waals surface area contributed by atoms with Gasteiger partial charge in [0.25, 0.3) is 0 Å². The van der Waals surface area contributed by atoms with Crippen molar-refractivity contribution in [2.75, 3.05) is 13.1 Å². The van der Waals surface area contributed by atoms with Crippen LogP contribution in [0.4, 0.5) is 13.2 Å². The van der Waals surface area contributed by atoms with Gasteiger partial charge in [-0.15, -0.1) is 13.2 Å². The molecular formula is C15H16F3N3O. The lowest BCUT2D eigenvalue weighted by Crippen LogP contribution is -2.29. The highest BCUT2D eigenvalue weighted by molar-refractivity contribution is 5.69. The minimum Gasteiger partial charge on any atom is -0.405 e. The predicted octanol–water partition coefficient (Wildman–Crippen LogP) is 3.37. The lowest BCUT2D eigenvalue weighted by atomic mass is 10.1. The zero-order valence-electron chi connectivity index (χ0n) is 11.8. The molecule has 0 spiro atoms. The molecule has 7 heteroatoms. The Hall–Kier alpha value is -2.02. The van der Waals surface area contributed by atoms with E-state index in [-0.39, 0.29) is 11.8 Å². The van der Waals surface area contributed by atoms with Gasteiger partial charge >= 0.3 is 6.36 Å². The first kappa shape index (κ1) is 14.9. The summed E-state index contributed by atoms with van der Waals surface area (Å²) in [7, 11) is 0. The summed E-state index contributed by atoms with van der Waals surface area (Å²) in [5.41, 5.74) is 1.01. The Morgan fingerprint density at radius 3 is 2.64 bits per heavy atom. The minimum absolute atomic E-state index is 0.208. The smallest absolute Gasteiger partial charge is 0.405 e. The standard InChI is InChI=1S/C15H16F3N3O/c16-15(17,18)22-14-4-2-1-3-13(14)11-9-20-21(10-11)12-5-7-19-8-6-12/h1-4,9-10,12,19H,5-8H2. The quantitative estimate of drug-likeness (QED) is 0.944. The lowest BCUT2D eigenvalue weighted by molar-refractivity contribution is -0.274. The zero-order valence-corrected chi connectivity index (χ0v) is 11.8. The number of hydrogen-bond acceptors (Lipinski definition) is 3. The number of aromatic nitrogens is 2. The number of halogens is 3. The molecule has 1 aliphatic rings. The van der Waals surface area contributed by atoms with Gasteiger partial charge in [0.05, 0.1) is 12.2 Å². The molecule has 0 atom stereocenters. The van der Waals surface area contributed by atoms with Crippen molar-refractivity contribution in [3.8, 4) is 16.9 Å². The molecule has 0 unspecified atom stereocenters. The Labute approximate surface area is 125 Å². The maximum absolute atomic E-state index is 12.5. The van der Waals surface area contributed by atoms with Gasteiger partial charge in [-0.05, 0) is 32.0 Å². The molecule has 3 rings (SSSR count). The van der Waals surface area contributed by atoms with Gasteiger partial charge in [-0.2, -0.15) is 5.10 Å². The summed E-state index contributed by atoms with van der Waals surface area (Å²) in [5.74, 6) is -0.208. The van der Waals surface area contributed by atoms with Crippen molar-refractivity contribution in [1.82, 2.24) is 15.1 Å². The molecule has 0 aliphatic carbocycles. The van der Waals surface area contributed by atoms with Crippen LogP contribution in [-0.2, 0) is 0 Å². The number of nitrogens with zero attached hydrogens (tertiary/aromatic N) is 2. The Morgan fingerprint density at radius 2 is 1.91 bits per heavy atom. The van der Waals surface area contributed by atoms with E-state index in [4.69, 9.17) is 0 Å². The van der Waals surface area contributed by atoms with Crippen molar-refractivity contribution in [2.45, 2.75) is 25.2 Å². The summed E-state index contributed by atoms with van der Waals surface area (Å²) >= 11 is 0. The van der Waals surface area contributed by atoms with E-state index >= 15 is 0 Å². The van der Waals surface area contributed by atoms with Gasteiger partial charge in [0.1, 0.15) is 5.75 Å². The van der Waals surface area contributed by atoms with E-state index in [0.29, 0.717) is 11.1 Å². The monoisotopic (exact) mass is 311 g/mol. The summed E-state index contributed by atoms with van der Waals surface area (Å²) in [6.07, 6.45) is 0.583. The minimum atomic E-state index is -4.71. The normalized spacial score (nSPS) is 16.7. The van der Waals surface area contributed by atoms with Crippen LogP contribution in [0.5, 0.6) is 5.75 Å². The number of ether oxygens (including phenoxy) is 1. The molecular weight excluding hydrogens is 295 g/mol. The van der Waals surface area contributed by atoms with E-state index in [2.05, 4.69) is 15.2 Å². The average molecular weight is 311 g/mol. The maximum atomic E-state index is 12.5. The van der Waals surface area contributed by atoms with Crippen LogP contribution in [-0.4, -0.2) is 29.2 Å². The molecule has 0 bridgehead atoms. The molecule has 1 fully saturated rings.